The normalized spacial score (nSPS) is 17.2. The number of alkyl halides is 1. The van der Waals surface area contributed by atoms with E-state index in [1.54, 1.807) is 30.3 Å². The summed E-state index contributed by atoms with van der Waals surface area (Å²) in [5, 5.41) is 2.35. The van der Waals surface area contributed by atoms with Crippen LogP contribution in [0.15, 0.2) is 48.5 Å². The number of nitrogens with one attached hydrogen (secondary N) is 1. The first-order chi connectivity index (χ1) is 11.6. The van der Waals surface area contributed by atoms with E-state index in [0.29, 0.717) is 11.4 Å². The maximum Gasteiger partial charge on any atom is 0.239 e. The van der Waals surface area contributed by atoms with Gasteiger partial charge in [0, 0.05) is 5.69 Å². The number of carbonyl (C=O) groups is 2. The van der Waals surface area contributed by atoms with Crippen molar-refractivity contribution in [2.75, 3.05) is 21.8 Å². The van der Waals surface area contributed by atoms with Crippen molar-refractivity contribution in [1.82, 2.24) is 0 Å². The Morgan fingerprint density at radius 1 is 1.25 bits per heavy atom. The molecule has 0 saturated carbocycles. The van der Waals surface area contributed by atoms with Gasteiger partial charge < -0.3 is 5.32 Å². The van der Waals surface area contributed by atoms with Crippen molar-refractivity contribution in [1.29, 1.82) is 0 Å². The Balaban J connectivity index is 1.86. The van der Waals surface area contributed by atoms with E-state index in [1.165, 1.54) is 22.7 Å². The fraction of sp³-hybridized carbons (Fsp3) is 0.176. The fourth-order valence-corrected chi connectivity index (χ4v) is 3.74. The van der Waals surface area contributed by atoms with Crippen LogP contribution >= 0.6 is 23.4 Å². The summed E-state index contributed by atoms with van der Waals surface area (Å²) in [5.74, 6) is -0.665. The highest BCUT2D eigenvalue weighted by molar-refractivity contribution is 8.00. The molecule has 0 aliphatic carbocycles. The third-order valence-corrected chi connectivity index (χ3v) is 5.04. The van der Waals surface area contributed by atoms with Crippen LogP contribution in [-0.4, -0.2) is 23.4 Å². The van der Waals surface area contributed by atoms with Gasteiger partial charge in [-0.3, -0.25) is 14.5 Å². The maximum atomic E-state index is 14.1. The Kier molecular flexibility index (Phi) is 5.06. The number of hydrogen-bond donors (Lipinski definition) is 1. The third-order valence-electron chi connectivity index (χ3n) is 3.58. The van der Waals surface area contributed by atoms with Gasteiger partial charge in [0.2, 0.25) is 11.8 Å². The van der Waals surface area contributed by atoms with Crippen LogP contribution in [0.1, 0.15) is 10.9 Å². The van der Waals surface area contributed by atoms with Crippen LogP contribution in [0.5, 0.6) is 0 Å². The van der Waals surface area contributed by atoms with Gasteiger partial charge >= 0.3 is 0 Å². The lowest BCUT2D eigenvalue weighted by molar-refractivity contribution is -0.116. The number of benzene rings is 2. The van der Waals surface area contributed by atoms with Crippen LogP contribution in [-0.2, 0) is 9.59 Å². The average Bonchev–Trinajstić information content (AvgIpc) is 2.97. The minimum Gasteiger partial charge on any atom is -0.325 e. The summed E-state index contributed by atoms with van der Waals surface area (Å²) in [5.41, 5.74) is 1.76. The Bertz CT molecular complexity index is 769. The van der Waals surface area contributed by atoms with Crippen molar-refractivity contribution in [3.05, 3.63) is 59.9 Å². The Hall–Kier alpha value is -2.05. The highest BCUT2D eigenvalue weighted by atomic mass is 35.5. The van der Waals surface area contributed by atoms with Gasteiger partial charge in [0.1, 0.15) is 17.1 Å². The second-order valence-corrected chi connectivity index (χ2v) is 6.52. The number of nitrogens with zero attached hydrogens (tertiary/aromatic N) is 1. The lowest BCUT2D eigenvalue weighted by Crippen LogP contribution is -2.28. The van der Waals surface area contributed by atoms with Crippen LogP contribution in [0.3, 0.4) is 0 Å². The predicted octanol–water partition coefficient (Wildman–Crippen LogP) is 3.78. The van der Waals surface area contributed by atoms with Gasteiger partial charge in [-0.05, 0) is 29.8 Å². The lowest BCUT2D eigenvalue weighted by atomic mass is 10.1. The first-order valence-corrected chi connectivity index (χ1v) is 8.82. The minimum atomic E-state index is -0.427. The van der Waals surface area contributed by atoms with Crippen LogP contribution < -0.4 is 10.2 Å². The molecule has 2 aromatic rings. The number of rotatable bonds is 4. The smallest absolute Gasteiger partial charge is 0.239 e. The molecule has 0 unspecified atom stereocenters. The van der Waals surface area contributed by atoms with Crippen LogP contribution in [0.25, 0.3) is 0 Å². The zero-order chi connectivity index (χ0) is 17.1. The fourth-order valence-electron chi connectivity index (χ4n) is 2.50. The summed E-state index contributed by atoms with van der Waals surface area (Å²) in [6.45, 7) is 0. The summed E-state index contributed by atoms with van der Waals surface area (Å²) in [4.78, 5) is 25.0. The first kappa shape index (κ1) is 16.8. The number of thioether (sulfide) groups is 1. The molecule has 1 N–H and O–H groups in total. The summed E-state index contributed by atoms with van der Waals surface area (Å²) >= 11 is 6.90. The first-order valence-electron chi connectivity index (χ1n) is 7.24. The molecule has 0 radical (unpaired) electrons. The molecule has 124 valence electrons. The van der Waals surface area contributed by atoms with Crippen LogP contribution in [0, 0.1) is 5.82 Å². The van der Waals surface area contributed by atoms with Gasteiger partial charge in [-0.2, -0.15) is 0 Å². The number of carbonyl (C=O) groups excluding carboxylic acids is 2. The van der Waals surface area contributed by atoms with E-state index in [-0.39, 0.29) is 28.8 Å². The summed E-state index contributed by atoms with van der Waals surface area (Å²) in [6.07, 6.45) is 0. The highest BCUT2D eigenvalue weighted by Gasteiger charge is 2.35. The molecule has 2 aromatic carbocycles. The second kappa shape index (κ2) is 7.23. The van der Waals surface area contributed by atoms with E-state index < -0.39 is 5.82 Å². The van der Waals surface area contributed by atoms with E-state index >= 15 is 0 Å². The zero-order valence-corrected chi connectivity index (χ0v) is 14.1. The maximum absolute atomic E-state index is 14.1. The van der Waals surface area contributed by atoms with Crippen molar-refractivity contribution in [2.45, 2.75) is 5.37 Å². The van der Waals surface area contributed by atoms with Crippen molar-refractivity contribution in [2.24, 2.45) is 0 Å². The largest absolute Gasteiger partial charge is 0.325 e. The molecule has 7 heteroatoms. The van der Waals surface area contributed by atoms with Crippen LogP contribution in [0.4, 0.5) is 15.8 Å². The summed E-state index contributed by atoms with van der Waals surface area (Å²) < 4.78 is 14.1. The van der Waals surface area contributed by atoms with Crippen molar-refractivity contribution < 1.29 is 14.0 Å². The van der Waals surface area contributed by atoms with Gasteiger partial charge in [0.25, 0.3) is 0 Å². The van der Waals surface area contributed by atoms with Gasteiger partial charge in [-0.1, -0.05) is 24.3 Å². The Labute approximate surface area is 148 Å². The molecule has 0 spiro atoms. The lowest BCUT2D eigenvalue weighted by Gasteiger charge is -2.24. The molecule has 1 aliphatic rings. The third kappa shape index (κ3) is 3.39. The van der Waals surface area contributed by atoms with E-state index in [1.807, 2.05) is 12.1 Å². The van der Waals surface area contributed by atoms with Gasteiger partial charge in [-0.15, -0.1) is 23.4 Å². The molecule has 0 bridgehead atoms. The quantitative estimate of drug-likeness (QED) is 0.840. The summed E-state index contributed by atoms with van der Waals surface area (Å²) in [7, 11) is 0. The Morgan fingerprint density at radius 2 is 1.96 bits per heavy atom. The molecule has 1 aliphatic heterocycles. The SMILES string of the molecule is O=C(CCl)Nc1ccc([C@@H]2SCC(=O)N2c2ccccc2F)cc1. The van der Waals surface area contributed by atoms with E-state index in [4.69, 9.17) is 11.6 Å². The molecule has 4 nitrogen and oxygen atoms in total. The standard InChI is InChI=1S/C17H14ClFN2O2S/c18-9-15(22)20-12-7-5-11(6-8-12)17-21(16(23)10-24-17)14-4-2-1-3-13(14)19/h1-8,17H,9-10H2,(H,20,22)/t17-/m0/s1. The minimum absolute atomic E-state index is 0.115. The van der Waals surface area contributed by atoms with Gasteiger partial charge in [0.05, 0.1) is 11.4 Å². The monoisotopic (exact) mass is 364 g/mol. The molecule has 1 fully saturated rings. The molecule has 0 aromatic heterocycles. The number of para-hydroxylation sites is 1. The average molecular weight is 365 g/mol. The van der Waals surface area contributed by atoms with E-state index in [0.717, 1.165) is 5.56 Å². The molecule has 1 heterocycles. The van der Waals surface area contributed by atoms with E-state index in [9.17, 15) is 14.0 Å². The van der Waals surface area contributed by atoms with Crippen molar-refractivity contribution in [3.8, 4) is 0 Å². The Morgan fingerprint density at radius 3 is 2.62 bits per heavy atom. The molecule has 3 rings (SSSR count). The highest BCUT2D eigenvalue weighted by Crippen LogP contribution is 2.42. The number of hydrogen-bond acceptors (Lipinski definition) is 3. The van der Waals surface area contributed by atoms with Crippen LogP contribution in [0.2, 0.25) is 0 Å². The topological polar surface area (TPSA) is 49.4 Å². The second-order valence-electron chi connectivity index (χ2n) is 5.18. The summed E-state index contributed by atoms with van der Waals surface area (Å²) in [6, 6.07) is 13.3. The number of anilines is 2. The molecular weight excluding hydrogens is 351 g/mol. The van der Waals surface area contributed by atoms with Crippen molar-refractivity contribution >= 4 is 46.6 Å². The molecule has 1 atom stereocenters. The zero-order valence-electron chi connectivity index (χ0n) is 12.5. The molecule has 1 saturated heterocycles. The predicted molar refractivity (Wildman–Crippen MR) is 94.9 cm³/mol. The van der Waals surface area contributed by atoms with Crippen molar-refractivity contribution in [3.63, 3.8) is 0 Å². The van der Waals surface area contributed by atoms with Gasteiger partial charge in [-0.25, -0.2) is 4.39 Å². The van der Waals surface area contributed by atoms with E-state index in [2.05, 4.69) is 5.32 Å². The van der Waals surface area contributed by atoms with Gasteiger partial charge in [0.15, 0.2) is 0 Å². The molecule has 2 amide bonds. The molecular formula is C17H14ClFN2O2S. The number of amides is 2. The molecule has 24 heavy (non-hydrogen) atoms. The number of halogens is 2.